The molecule has 24 heavy (non-hydrogen) atoms. The van der Waals surface area contributed by atoms with Crippen molar-refractivity contribution in [3.8, 4) is 5.69 Å². The number of carbonyl (C=O) groups excluding carboxylic acids is 1. The van der Waals surface area contributed by atoms with Crippen LogP contribution in [0.1, 0.15) is 24.8 Å². The van der Waals surface area contributed by atoms with E-state index in [0.29, 0.717) is 18.7 Å². The first kappa shape index (κ1) is 20.4. The highest BCUT2D eigenvalue weighted by molar-refractivity contribution is 5.85. The van der Waals surface area contributed by atoms with E-state index in [1.807, 2.05) is 6.07 Å². The molecule has 2 N–H and O–H groups in total. The molecule has 0 saturated carbocycles. The largest absolute Gasteiger partial charge is 0.352 e. The molecule has 1 aromatic heterocycles. The topological polar surface area (TPSA) is 59.0 Å². The lowest BCUT2D eigenvalue weighted by Crippen LogP contribution is -2.31. The van der Waals surface area contributed by atoms with E-state index >= 15 is 0 Å². The summed E-state index contributed by atoms with van der Waals surface area (Å²) in [5, 5.41) is 6.13. The maximum absolute atomic E-state index is 14.1. The van der Waals surface area contributed by atoms with Crippen LogP contribution in [0.3, 0.4) is 0 Å². The number of halogens is 3. The number of hydrogen-bond donors (Lipinski definition) is 2. The molecule has 1 aliphatic heterocycles. The lowest BCUT2D eigenvalue weighted by Gasteiger charge is -2.11. The molecular formula is C16H21Cl2FN4O. The number of nitrogens with zero attached hydrogens (tertiary/aromatic N) is 2. The summed E-state index contributed by atoms with van der Waals surface area (Å²) in [6.45, 7) is 1.32. The van der Waals surface area contributed by atoms with E-state index in [-0.39, 0.29) is 42.6 Å². The summed E-state index contributed by atoms with van der Waals surface area (Å²) in [4.78, 5) is 15.8. The zero-order valence-corrected chi connectivity index (χ0v) is 14.7. The molecule has 0 bridgehead atoms. The van der Waals surface area contributed by atoms with E-state index in [2.05, 4.69) is 15.6 Å². The second-order valence-electron chi connectivity index (χ2n) is 5.53. The fourth-order valence-corrected chi connectivity index (χ4v) is 2.70. The highest BCUT2D eigenvalue weighted by Crippen LogP contribution is 2.15. The average molecular weight is 375 g/mol. The monoisotopic (exact) mass is 374 g/mol. The maximum atomic E-state index is 14.1. The van der Waals surface area contributed by atoms with Crippen molar-refractivity contribution >= 4 is 30.7 Å². The number of benzene rings is 1. The smallest absolute Gasteiger partial charge is 0.221 e. The van der Waals surface area contributed by atoms with E-state index in [1.54, 1.807) is 29.4 Å². The standard InChI is InChI=1S/C16H19FN4O.2ClH/c17-14-8-12(3-4-15(14)21-7-6-18-11-21)10-20-16(22)9-13-2-1-5-19-13;;/h3-4,6-8,11,13,19H,1-2,5,9-10H2,(H,20,22);2*1H. The van der Waals surface area contributed by atoms with Gasteiger partial charge in [-0.3, -0.25) is 4.79 Å². The Morgan fingerprint density at radius 3 is 2.88 bits per heavy atom. The van der Waals surface area contributed by atoms with E-state index < -0.39 is 0 Å². The van der Waals surface area contributed by atoms with Gasteiger partial charge in [0.15, 0.2) is 0 Å². The van der Waals surface area contributed by atoms with Crippen molar-refractivity contribution in [2.24, 2.45) is 0 Å². The van der Waals surface area contributed by atoms with Crippen molar-refractivity contribution in [3.05, 3.63) is 48.3 Å². The van der Waals surface area contributed by atoms with Gasteiger partial charge in [0, 0.05) is 31.4 Å². The Balaban J connectivity index is 0.00000144. The van der Waals surface area contributed by atoms with Gasteiger partial charge < -0.3 is 15.2 Å². The molecule has 132 valence electrons. The van der Waals surface area contributed by atoms with Gasteiger partial charge in [-0.2, -0.15) is 0 Å². The number of carbonyl (C=O) groups is 1. The third kappa shape index (κ3) is 5.19. The van der Waals surface area contributed by atoms with Crippen molar-refractivity contribution in [1.29, 1.82) is 0 Å². The Kier molecular flexibility index (Phi) is 8.18. The van der Waals surface area contributed by atoms with Crippen LogP contribution in [-0.4, -0.2) is 28.0 Å². The Morgan fingerprint density at radius 2 is 2.25 bits per heavy atom. The number of imidazole rings is 1. The van der Waals surface area contributed by atoms with Gasteiger partial charge in [0.1, 0.15) is 5.82 Å². The quantitative estimate of drug-likeness (QED) is 0.845. The fourth-order valence-electron chi connectivity index (χ4n) is 2.70. The maximum Gasteiger partial charge on any atom is 0.221 e. The molecule has 2 aromatic rings. The molecule has 1 aromatic carbocycles. The third-order valence-electron chi connectivity index (χ3n) is 3.88. The summed E-state index contributed by atoms with van der Waals surface area (Å²) in [5.41, 5.74) is 1.19. The Morgan fingerprint density at radius 1 is 1.42 bits per heavy atom. The van der Waals surface area contributed by atoms with Crippen LogP contribution < -0.4 is 10.6 Å². The molecular weight excluding hydrogens is 354 g/mol. The zero-order chi connectivity index (χ0) is 15.4. The molecule has 0 spiro atoms. The van der Waals surface area contributed by atoms with Crippen LogP contribution in [0.2, 0.25) is 0 Å². The van der Waals surface area contributed by atoms with Crippen molar-refractivity contribution in [2.45, 2.75) is 31.8 Å². The normalized spacial score (nSPS) is 16.1. The first-order chi connectivity index (χ1) is 10.7. The van der Waals surface area contributed by atoms with Gasteiger partial charge in [0.25, 0.3) is 0 Å². The molecule has 1 unspecified atom stereocenters. The zero-order valence-electron chi connectivity index (χ0n) is 13.1. The summed E-state index contributed by atoms with van der Waals surface area (Å²) >= 11 is 0. The number of rotatable bonds is 5. The van der Waals surface area contributed by atoms with Gasteiger partial charge in [0.05, 0.1) is 12.0 Å². The lowest BCUT2D eigenvalue weighted by atomic mass is 10.1. The van der Waals surface area contributed by atoms with E-state index in [1.165, 1.54) is 6.07 Å². The lowest BCUT2D eigenvalue weighted by molar-refractivity contribution is -0.121. The van der Waals surface area contributed by atoms with Crippen LogP contribution in [0.25, 0.3) is 5.69 Å². The number of hydrogen-bond acceptors (Lipinski definition) is 3. The van der Waals surface area contributed by atoms with Crippen LogP contribution >= 0.6 is 24.8 Å². The van der Waals surface area contributed by atoms with Gasteiger partial charge in [0.2, 0.25) is 5.91 Å². The second-order valence-corrected chi connectivity index (χ2v) is 5.53. The van der Waals surface area contributed by atoms with Gasteiger partial charge in [-0.15, -0.1) is 24.8 Å². The van der Waals surface area contributed by atoms with E-state index in [9.17, 15) is 9.18 Å². The SMILES string of the molecule is Cl.Cl.O=C(CC1CCCN1)NCc1ccc(-n2ccnc2)c(F)c1. The summed E-state index contributed by atoms with van der Waals surface area (Å²) in [5.74, 6) is -0.333. The van der Waals surface area contributed by atoms with Crippen LogP contribution in [0.15, 0.2) is 36.9 Å². The van der Waals surface area contributed by atoms with Gasteiger partial charge in [-0.05, 0) is 37.1 Å². The van der Waals surface area contributed by atoms with Gasteiger partial charge in [-0.25, -0.2) is 9.37 Å². The van der Waals surface area contributed by atoms with Gasteiger partial charge in [-0.1, -0.05) is 6.07 Å². The minimum Gasteiger partial charge on any atom is -0.352 e. The molecule has 5 nitrogen and oxygen atoms in total. The number of amides is 1. The summed E-state index contributed by atoms with van der Waals surface area (Å²) in [6, 6.07) is 5.23. The molecule has 1 fully saturated rings. The summed E-state index contributed by atoms with van der Waals surface area (Å²) < 4.78 is 15.7. The predicted octanol–water partition coefficient (Wildman–Crippen LogP) is 2.61. The molecule has 1 amide bonds. The molecule has 3 rings (SSSR count). The summed E-state index contributed by atoms with van der Waals surface area (Å²) in [7, 11) is 0. The van der Waals surface area contributed by atoms with Crippen molar-refractivity contribution in [3.63, 3.8) is 0 Å². The number of aromatic nitrogens is 2. The highest BCUT2D eigenvalue weighted by atomic mass is 35.5. The fraction of sp³-hybridized carbons (Fsp3) is 0.375. The number of nitrogens with one attached hydrogen (secondary N) is 2. The van der Waals surface area contributed by atoms with Crippen LogP contribution in [0.4, 0.5) is 4.39 Å². The van der Waals surface area contributed by atoms with Gasteiger partial charge >= 0.3 is 0 Å². The van der Waals surface area contributed by atoms with E-state index in [0.717, 1.165) is 24.9 Å². The molecule has 0 radical (unpaired) electrons. The third-order valence-corrected chi connectivity index (χ3v) is 3.88. The molecule has 2 heterocycles. The van der Waals surface area contributed by atoms with Crippen molar-refractivity contribution in [2.75, 3.05) is 6.54 Å². The molecule has 1 aliphatic rings. The summed E-state index contributed by atoms with van der Waals surface area (Å²) in [6.07, 6.45) is 7.49. The van der Waals surface area contributed by atoms with Crippen molar-refractivity contribution < 1.29 is 9.18 Å². The Labute approximate surface area is 152 Å². The van der Waals surface area contributed by atoms with E-state index in [4.69, 9.17) is 0 Å². The minimum absolute atomic E-state index is 0. The van der Waals surface area contributed by atoms with Crippen molar-refractivity contribution in [1.82, 2.24) is 20.2 Å². The Hall–Kier alpha value is -1.63. The average Bonchev–Trinajstić information content (AvgIpc) is 3.18. The highest BCUT2D eigenvalue weighted by Gasteiger charge is 2.17. The van der Waals surface area contributed by atoms with Crippen LogP contribution in [-0.2, 0) is 11.3 Å². The first-order valence-corrected chi connectivity index (χ1v) is 7.49. The van der Waals surface area contributed by atoms with Crippen LogP contribution in [0.5, 0.6) is 0 Å². The van der Waals surface area contributed by atoms with Crippen LogP contribution in [0, 0.1) is 5.82 Å². The molecule has 8 heteroatoms. The second kappa shape index (κ2) is 9.61. The minimum atomic E-state index is -0.331. The molecule has 0 aliphatic carbocycles. The Bertz CT molecular complexity index is 646. The molecule has 1 atom stereocenters. The predicted molar refractivity (Wildman–Crippen MR) is 95.5 cm³/mol. The first-order valence-electron chi connectivity index (χ1n) is 7.49. The molecule has 1 saturated heterocycles.